The van der Waals surface area contributed by atoms with Crippen molar-refractivity contribution in [2.24, 2.45) is 0 Å². The Morgan fingerprint density at radius 3 is 2.47 bits per heavy atom. The van der Waals surface area contributed by atoms with Gasteiger partial charge in [0.1, 0.15) is 0 Å². The van der Waals surface area contributed by atoms with Crippen molar-refractivity contribution >= 4 is 31.6 Å². The van der Waals surface area contributed by atoms with Gasteiger partial charge in [0.2, 0.25) is 0 Å². The Hall–Kier alpha value is -0.670. The van der Waals surface area contributed by atoms with Gasteiger partial charge < -0.3 is 10.6 Å². The molecule has 1 heterocycles. The van der Waals surface area contributed by atoms with Crippen LogP contribution in [-0.4, -0.2) is 51.6 Å². The highest BCUT2D eigenvalue weighted by Crippen LogP contribution is 2.22. The van der Waals surface area contributed by atoms with Gasteiger partial charge in [0.05, 0.1) is 4.90 Å². The van der Waals surface area contributed by atoms with Crippen LogP contribution in [-0.2, 0) is 10.0 Å². The lowest BCUT2D eigenvalue weighted by Gasteiger charge is -2.32. The van der Waals surface area contributed by atoms with Crippen LogP contribution >= 0.6 is 15.9 Å². The molecule has 0 aromatic heterocycles. The normalized spacial score (nSPS) is 18.6. The number of nitrogens with one attached hydrogen (secondary N) is 1. The van der Waals surface area contributed by atoms with Crippen LogP contribution in [0.1, 0.15) is 0 Å². The molecule has 0 bridgehead atoms. The lowest BCUT2D eigenvalue weighted by Crippen LogP contribution is -2.52. The summed E-state index contributed by atoms with van der Waals surface area (Å²) in [4.78, 5) is 4.92. The second kappa shape index (κ2) is 5.76. The van der Waals surface area contributed by atoms with E-state index < -0.39 is 10.0 Å². The number of hydrogen-bond donors (Lipinski definition) is 2. The summed E-state index contributed by atoms with van der Waals surface area (Å²) in [5.74, 6) is 0. The average Bonchev–Trinajstić information content (AvgIpc) is 2.35. The molecule has 0 radical (unpaired) electrons. The summed E-state index contributed by atoms with van der Waals surface area (Å²) in [6, 6.07) is 4.61. The molecule has 0 atom stereocenters. The lowest BCUT2D eigenvalue weighted by molar-refractivity contribution is 0.135. The monoisotopic (exact) mass is 348 g/mol. The molecule has 0 spiro atoms. The Kier molecular flexibility index (Phi) is 4.46. The highest BCUT2D eigenvalue weighted by atomic mass is 79.9. The van der Waals surface area contributed by atoms with E-state index in [1.54, 1.807) is 11.1 Å². The molecule has 1 aromatic carbocycles. The molecule has 1 aromatic rings. The van der Waals surface area contributed by atoms with E-state index in [9.17, 15) is 8.42 Å². The van der Waals surface area contributed by atoms with Gasteiger partial charge in [0.15, 0.2) is 0 Å². The number of nitrogens with zero attached hydrogens (tertiary/aromatic N) is 2. The molecule has 1 fully saturated rings. The molecule has 0 aliphatic carbocycles. The van der Waals surface area contributed by atoms with Crippen LogP contribution in [0.15, 0.2) is 27.6 Å². The van der Waals surface area contributed by atoms with Crippen molar-refractivity contribution < 1.29 is 8.42 Å². The summed E-state index contributed by atoms with van der Waals surface area (Å²) in [7, 11) is -1.54. The zero-order valence-electron chi connectivity index (χ0n) is 10.6. The number of hydrazine groups is 1. The fraction of sp³-hybridized carbons (Fsp3) is 0.455. The molecule has 0 unspecified atom stereocenters. The molecule has 1 saturated heterocycles. The molecule has 0 amide bonds. The molecule has 19 heavy (non-hydrogen) atoms. The highest BCUT2D eigenvalue weighted by Gasteiger charge is 2.21. The van der Waals surface area contributed by atoms with Crippen LogP contribution in [0.5, 0.6) is 0 Å². The fourth-order valence-corrected chi connectivity index (χ4v) is 3.21. The maximum Gasteiger partial charge on any atom is 0.253 e. The fourth-order valence-electron chi connectivity index (χ4n) is 1.81. The zero-order valence-corrected chi connectivity index (χ0v) is 13.0. The Morgan fingerprint density at radius 2 is 1.89 bits per heavy atom. The molecular weight excluding hydrogens is 332 g/mol. The van der Waals surface area contributed by atoms with Crippen molar-refractivity contribution in [3.63, 3.8) is 0 Å². The van der Waals surface area contributed by atoms with Gasteiger partial charge in [-0.2, -0.15) is 0 Å². The topological polar surface area (TPSA) is 78.7 Å². The second-order valence-corrected chi connectivity index (χ2v) is 7.08. The van der Waals surface area contributed by atoms with Gasteiger partial charge in [0, 0.05) is 36.3 Å². The number of likely N-dealkylation sites (N-methyl/N-ethyl adjacent to an activating group) is 1. The number of piperazine rings is 1. The van der Waals surface area contributed by atoms with E-state index in [-0.39, 0.29) is 4.90 Å². The van der Waals surface area contributed by atoms with Crippen LogP contribution in [0.3, 0.4) is 0 Å². The van der Waals surface area contributed by atoms with Crippen LogP contribution in [0.4, 0.5) is 5.69 Å². The first-order chi connectivity index (χ1) is 8.88. The van der Waals surface area contributed by atoms with E-state index in [4.69, 9.17) is 5.73 Å². The summed E-state index contributed by atoms with van der Waals surface area (Å²) >= 11 is 3.25. The van der Waals surface area contributed by atoms with Crippen molar-refractivity contribution in [3.8, 4) is 0 Å². The van der Waals surface area contributed by atoms with Gasteiger partial charge in [-0.1, -0.05) is 0 Å². The Labute approximate surface area is 121 Å². The van der Waals surface area contributed by atoms with E-state index in [1.807, 2.05) is 7.05 Å². The molecular formula is C11H17BrN4O2S. The number of hydrogen-bond acceptors (Lipinski definition) is 5. The zero-order chi connectivity index (χ0) is 14.0. The number of halogens is 1. The van der Waals surface area contributed by atoms with Crippen LogP contribution in [0.25, 0.3) is 0 Å². The predicted molar refractivity (Wildman–Crippen MR) is 77.9 cm³/mol. The van der Waals surface area contributed by atoms with Crippen molar-refractivity contribution in [3.05, 3.63) is 22.7 Å². The van der Waals surface area contributed by atoms with Gasteiger partial charge in [-0.05, 0) is 41.2 Å². The van der Waals surface area contributed by atoms with E-state index in [2.05, 4.69) is 25.7 Å². The van der Waals surface area contributed by atoms with Gasteiger partial charge in [-0.15, -0.1) is 4.83 Å². The summed E-state index contributed by atoms with van der Waals surface area (Å²) in [6.07, 6.45) is 0. The summed E-state index contributed by atoms with van der Waals surface area (Å²) < 4.78 is 25.1. The molecule has 0 saturated carbocycles. The third kappa shape index (κ3) is 3.67. The molecule has 1 aliphatic heterocycles. The quantitative estimate of drug-likeness (QED) is 0.776. The van der Waals surface area contributed by atoms with Gasteiger partial charge in [-0.3, -0.25) is 0 Å². The minimum Gasteiger partial charge on any atom is -0.398 e. The number of nitrogen functional groups attached to an aromatic ring is 1. The third-order valence-corrected chi connectivity index (χ3v) is 5.13. The number of rotatable bonds is 3. The molecule has 106 valence electrons. The summed E-state index contributed by atoms with van der Waals surface area (Å²) in [5, 5.41) is 1.72. The summed E-state index contributed by atoms with van der Waals surface area (Å²) in [5.41, 5.74) is 6.11. The number of sulfonamides is 1. The van der Waals surface area contributed by atoms with E-state index in [0.717, 1.165) is 13.1 Å². The van der Waals surface area contributed by atoms with E-state index in [0.29, 0.717) is 23.2 Å². The van der Waals surface area contributed by atoms with E-state index >= 15 is 0 Å². The first-order valence-corrected chi connectivity index (χ1v) is 8.17. The Balaban J connectivity index is 2.11. The smallest absolute Gasteiger partial charge is 0.253 e. The number of nitrogens with two attached hydrogens (primary N) is 1. The van der Waals surface area contributed by atoms with Crippen molar-refractivity contribution in [2.75, 3.05) is 39.0 Å². The van der Waals surface area contributed by atoms with Crippen molar-refractivity contribution in [1.29, 1.82) is 0 Å². The van der Waals surface area contributed by atoms with Gasteiger partial charge in [-0.25, -0.2) is 13.4 Å². The predicted octanol–water partition coefficient (Wildman–Crippen LogP) is 0.472. The maximum absolute atomic E-state index is 12.2. The lowest BCUT2D eigenvalue weighted by atomic mass is 10.3. The third-order valence-electron chi connectivity index (χ3n) is 3.03. The Morgan fingerprint density at radius 1 is 1.26 bits per heavy atom. The van der Waals surface area contributed by atoms with Gasteiger partial charge in [0.25, 0.3) is 10.0 Å². The number of anilines is 1. The summed E-state index contributed by atoms with van der Waals surface area (Å²) in [6.45, 7) is 3.01. The first-order valence-electron chi connectivity index (χ1n) is 5.89. The second-order valence-electron chi connectivity index (χ2n) is 4.57. The number of benzene rings is 1. The van der Waals surface area contributed by atoms with Crippen molar-refractivity contribution in [1.82, 2.24) is 14.7 Å². The van der Waals surface area contributed by atoms with E-state index in [1.165, 1.54) is 12.1 Å². The highest BCUT2D eigenvalue weighted by molar-refractivity contribution is 9.10. The average molecular weight is 349 g/mol. The largest absolute Gasteiger partial charge is 0.398 e. The minimum absolute atomic E-state index is 0.173. The van der Waals surface area contributed by atoms with Gasteiger partial charge >= 0.3 is 0 Å². The molecule has 3 N–H and O–H groups in total. The van der Waals surface area contributed by atoms with Crippen LogP contribution in [0.2, 0.25) is 0 Å². The Bertz CT molecular complexity index is 556. The molecule has 2 rings (SSSR count). The minimum atomic E-state index is -3.56. The first kappa shape index (κ1) is 14.7. The van der Waals surface area contributed by atoms with Crippen molar-refractivity contribution in [2.45, 2.75) is 4.90 Å². The maximum atomic E-state index is 12.2. The molecule has 6 nitrogen and oxygen atoms in total. The molecule has 1 aliphatic rings. The SMILES string of the molecule is CN1CCN(NS(=O)(=O)c2ccc(Br)c(N)c2)CC1. The van der Waals surface area contributed by atoms with Crippen LogP contribution < -0.4 is 10.6 Å². The molecule has 8 heteroatoms. The standard InChI is InChI=1S/C11H17BrN4O2S/c1-15-4-6-16(7-5-15)14-19(17,18)9-2-3-10(12)11(13)8-9/h2-3,8,14H,4-7,13H2,1H3. The van der Waals surface area contributed by atoms with Crippen LogP contribution in [0, 0.1) is 0 Å².